The maximum atomic E-state index is 10.6. The molecule has 0 fully saturated rings. The van der Waals surface area contributed by atoms with Crippen molar-refractivity contribution in [3.63, 3.8) is 0 Å². The molecule has 0 N–H and O–H groups in total. The summed E-state index contributed by atoms with van der Waals surface area (Å²) >= 11 is 0. The van der Waals surface area contributed by atoms with Crippen LogP contribution in [0.4, 0.5) is 5.69 Å². The third kappa shape index (κ3) is 11.4. The van der Waals surface area contributed by atoms with Crippen molar-refractivity contribution in [2.45, 2.75) is 0 Å². The number of hydrogen-bond acceptors (Lipinski definition) is 8. The van der Waals surface area contributed by atoms with Gasteiger partial charge in [0.05, 0.1) is 36.7 Å². The molecule has 0 radical (unpaired) electrons. The fraction of sp³-hybridized carbons (Fsp3) is 0.250. The number of anilines is 1. The molecule has 0 aliphatic rings. The molecule has 0 amide bonds. The number of rotatable bonds is 8. The van der Waals surface area contributed by atoms with E-state index in [1.165, 1.54) is 24.3 Å². The van der Waals surface area contributed by atoms with Gasteiger partial charge in [-0.1, -0.05) is 12.1 Å². The van der Waals surface area contributed by atoms with Gasteiger partial charge >= 0.3 is 88.7 Å². The molecule has 0 aliphatic carbocycles. The summed E-state index contributed by atoms with van der Waals surface area (Å²) in [5.74, 6) is -4.45. The van der Waals surface area contributed by atoms with Crippen molar-refractivity contribution in [1.82, 2.24) is 0 Å². The van der Waals surface area contributed by atoms with E-state index in [0.717, 1.165) is 4.90 Å². The first-order valence-electron chi connectivity index (χ1n) is 5.46. The van der Waals surface area contributed by atoms with Gasteiger partial charge in [0.15, 0.2) is 0 Å². The van der Waals surface area contributed by atoms with Crippen LogP contribution in [0.2, 0.25) is 0 Å². The second kappa shape index (κ2) is 14.6. The van der Waals surface area contributed by atoms with Crippen LogP contribution in [-0.2, 0) is 14.4 Å². The zero-order valence-corrected chi connectivity index (χ0v) is 19.2. The van der Waals surface area contributed by atoms with Gasteiger partial charge in [-0.2, -0.15) is 0 Å². The second-order valence-corrected chi connectivity index (χ2v) is 3.73. The first kappa shape index (κ1) is 28.1. The average Bonchev–Trinajstić information content (AvgIpc) is 2.34. The fourth-order valence-electron chi connectivity index (χ4n) is 1.52. The molecule has 0 unspecified atom stereocenters. The third-order valence-corrected chi connectivity index (χ3v) is 2.19. The molecule has 108 valence electrons. The zero-order valence-electron chi connectivity index (χ0n) is 13.2. The fourth-order valence-corrected chi connectivity index (χ4v) is 1.52. The molecular weight excluding hydrogens is 339 g/mol. The van der Waals surface area contributed by atoms with Gasteiger partial charge in [0.1, 0.15) is 12.4 Å². The van der Waals surface area contributed by atoms with Crippen LogP contribution in [0.15, 0.2) is 24.3 Å². The Hall–Kier alpha value is 0.230. The molecule has 0 saturated carbocycles. The van der Waals surface area contributed by atoms with Crippen LogP contribution in [0.1, 0.15) is 0 Å². The summed E-state index contributed by atoms with van der Waals surface area (Å²) in [5, 5.41) is 31.6. The number of nitrogens with zero attached hydrogens (tertiary/aromatic N) is 1. The Labute approximate surface area is 199 Å². The van der Waals surface area contributed by atoms with Gasteiger partial charge in [-0.25, -0.2) is 0 Å². The molecule has 1 rings (SSSR count). The van der Waals surface area contributed by atoms with Crippen LogP contribution in [0.5, 0.6) is 5.75 Å². The molecule has 0 heterocycles. The summed E-state index contributed by atoms with van der Waals surface area (Å²) in [7, 11) is 0. The minimum absolute atomic E-state index is 0. The standard InChI is InChI=1S/C12H13NO7.3Na/c14-10(15)5-13(6-11(16)17)8-3-1-2-4-9(8)20-7-12(18)19;;;/h1-4H,5-7H2,(H,14,15)(H,16,17)(H,18,19);;;/q;3*+1/p-3. The SMILES string of the molecule is O=C([O-])COc1ccccc1N(CC(=O)[O-])CC(=O)[O-].[Na+].[Na+].[Na+]. The third-order valence-electron chi connectivity index (χ3n) is 2.19. The minimum atomic E-state index is -1.50. The molecule has 0 saturated heterocycles. The molecule has 1 aromatic carbocycles. The second-order valence-electron chi connectivity index (χ2n) is 3.73. The maximum Gasteiger partial charge on any atom is 1.00 e. The van der Waals surface area contributed by atoms with Crippen molar-refractivity contribution >= 4 is 23.6 Å². The number of ether oxygens (including phenoxy) is 1. The predicted molar refractivity (Wildman–Crippen MR) is 59.2 cm³/mol. The Morgan fingerprint density at radius 3 is 1.78 bits per heavy atom. The van der Waals surface area contributed by atoms with Crippen molar-refractivity contribution in [2.75, 3.05) is 24.6 Å². The van der Waals surface area contributed by atoms with Crippen LogP contribution < -0.4 is 114 Å². The Kier molecular flexibility index (Phi) is 17.8. The van der Waals surface area contributed by atoms with Crippen LogP contribution in [0, 0.1) is 0 Å². The summed E-state index contributed by atoms with van der Waals surface area (Å²) in [6.45, 7) is -2.17. The van der Waals surface area contributed by atoms with Crippen molar-refractivity contribution in [3.05, 3.63) is 24.3 Å². The Morgan fingerprint density at radius 1 is 0.870 bits per heavy atom. The number of carbonyl (C=O) groups excluding carboxylic acids is 3. The first-order chi connectivity index (χ1) is 9.40. The number of carbonyl (C=O) groups is 3. The van der Waals surface area contributed by atoms with Crippen molar-refractivity contribution in [1.29, 1.82) is 0 Å². The monoisotopic (exact) mass is 349 g/mol. The van der Waals surface area contributed by atoms with Crippen LogP contribution in [-0.4, -0.2) is 37.6 Å². The van der Waals surface area contributed by atoms with E-state index >= 15 is 0 Å². The Balaban J connectivity index is -0.00000133. The quantitative estimate of drug-likeness (QED) is 0.423. The van der Waals surface area contributed by atoms with Gasteiger partial charge in [-0.05, 0) is 12.1 Å². The van der Waals surface area contributed by atoms with Crippen LogP contribution in [0.3, 0.4) is 0 Å². The maximum absolute atomic E-state index is 10.6. The van der Waals surface area contributed by atoms with Gasteiger partial charge in [0.25, 0.3) is 0 Å². The van der Waals surface area contributed by atoms with E-state index in [4.69, 9.17) is 4.74 Å². The zero-order chi connectivity index (χ0) is 15.1. The largest absolute Gasteiger partial charge is 1.00 e. The van der Waals surface area contributed by atoms with E-state index in [0.29, 0.717) is 0 Å². The van der Waals surface area contributed by atoms with E-state index in [9.17, 15) is 29.7 Å². The molecule has 0 aliphatic heterocycles. The number of hydrogen-bond donors (Lipinski definition) is 0. The van der Waals surface area contributed by atoms with Gasteiger partial charge in [-0.3, -0.25) is 0 Å². The molecule has 0 bridgehead atoms. The van der Waals surface area contributed by atoms with Crippen molar-refractivity contribution < 1.29 is 123 Å². The van der Waals surface area contributed by atoms with E-state index in [2.05, 4.69) is 0 Å². The molecule has 0 spiro atoms. The van der Waals surface area contributed by atoms with E-state index < -0.39 is 37.6 Å². The van der Waals surface area contributed by atoms with Gasteiger partial charge < -0.3 is 39.3 Å². The van der Waals surface area contributed by atoms with Crippen molar-refractivity contribution in [2.24, 2.45) is 0 Å². The molecule has 11 heteroatoms. The molecule has 8 nitrogen and oxygen atoms in total. The Bertz CT molecular complexity index is 511. The summed E-state index contributed by atoms with van der Waals surface area (Å²) in [6.07, 6.45) is 0. The number of benzene rings is 1. The van der Waals surface area contributed by atoms with E-state index in [-0.39, 0.29) is 100 Å². The predicted octanol–water partition coefficient (Wildman–Crippen LogP) is -12.9. The average molecular weight is 349 g/mol. The summed E-state index contributed by atoms with van der Waals surface area (Å²) in [6, 6.07) is 5.79. The minimum Gasteiger partial charge on any atom is -0.548 e. The normalized spacial score (nSPS) is 8.52. The van der Waals surface area contributed by atoms with Crippen LogP contribution >= 0.6 is 0 Å². The van der Waals surface area contributed by atoms with Crippen LogP contribution in [0.25, 0.3) is 0 Å². The topological polar surface area (TPSA) is 133 Å². The van der Waals surface area contributed by atoms with Gasteiger partial charge in [0.2, 0.25) is 0 Å². The molecule has 0 atom stereocenters. The number of para-hydroxylation sites is 2. The molecular formula is C12H10NNa3O7. The molecule has 1 aromatic rings. The van der Waals surface area contributed by atoms with Crippen molar-refractivity contribution in [3.8, 4) is 5.75 Å². The van der Waals surface area contributed by atoms with Gasteiger partial charge in [-0.15, -0.1) is 0 Å². The number of aliphatic carboxylic acids is 3. The number of carboxylic acid groups (broad SMARTS) is 3. The Morgan fingerprint density at radius 2 is 1.35 bits per heavy atom. The smallest absolute Gasteiger partial charge is 0.548 e. The van der Waals surface area contributed by atoms with Gasteiger partial charge in [0, 0.05) is 0 Å². The summed E-state index contributed by atoms with van der Waals surface area (Å²) in [5.41, 5.74) is 0.0992. The number of carboxylic acids is 3. The first-order valence-corrected chi connectivity index (χ1v) is 5.46. The molecule has 0 aromatic heterocycles. The van der Waals surface area contributed by atoms with E-state index in [1.807, 2.05) is 0 Å². The van der Waals surface area contributed by atoms with E-state index in [1.54, 1.807) is 0 Å². The molecule has 23 heavy (non-hydrogen) atoms. The summed E-state index contributed by atoms with van der Waals surface area (Å²) in [4.78, 5) is 32.5. The summed E-state index contributed by atoms with van der Waals surface area (Å²) < 4.78 is 4.91.